The fourth-order valence-electron chi connectivity index (χ4n) is 3.99. The maximum Gasteiger partial charge on any atom is 0.357 e. The molecule has 3 N–H and O–H groups in total. The van der Waals surface area contributed by atoms with Crippen LogP contribution in [0.1, 0.15) is 22.1 Å². The summed E-state index contributed by atoms with van der Waals surface area (Å²) in [6.07, 6.45) is -0.0623. The van der Waals surface area contributed by atoms with E-state index in [1.165, 1.54) is 36.8 Å². The first-order chi connectivity index (χ1) is 18.3. The number of H-pyrrole nitrogens is 1. The Balaban J connectivity index is 1.51. The Bertz CT molecular complexity index is 1560. The molecule has 11 nitrogen and oxygen atoms in total. The first-order valence-electron chi connectivity index (χ1n) is 11.4. The molecule has 0 spiro atoms. The molecule has 0 fully saturated rings. The van der Waals surface area contributed by atoms with Gasteiger partial charge in [0.05, 0.1) is 7.11 Å². The number of carbonyl (C=O) groups excluding carboxylic acids is 2. The van der Waals surface area contributed by atoms with Gasteiger partial charge in [-0.1, -0.05) is 12.1 Å². The number of rotatable bonds is 7. The van der Waals surface area contributed by atoms with Crippen LogP contribution in [0, 0.1) is 5.82 Å². The topological polar surface area (TPSA) is 145 Å². The van der Waals surface area contributed by atoms with Gasteiger partial charge in [0.1, 0.15) is 30.8 Å². The van der Waals surface area contributed by atoms with Crippen LogP contribution in [0.25, 0.3) is 11.3 Å². The van der Waals surface area contributed by atoms with Crippen LogP contribution in [0.3, 0.4) is 0 Å². The molecule has 1 aliphatic heterocycles. The van der Waals surface area contributed by atoms with E-state index in [-0.39, 0.29) is 22.9 Å². The number of nitrogens with one attached hydrogen (secondary N) is 2. The minimum Gasteiger partial charge on any atom is -0.493 e. The largest absolute Gasteiger partial charge is 0.493 e. The number of benzene rings is 2. The molecule has 2 aromatic carbocycles. The molecule has 1 amide bonds. The van der Waals surface area contributed by atoms with E-state index in [0.717, 1.165) is 15.9 Å². The molecule has 2 aromatic heterocycles. The summed E-state index contributed by atoms with van der Waals surface area (Å²) in [7, 11) is 1.21. The zero-order chi connectivity index (χ0) is 26.8. The van der Waals surface area contributed by atoms with Crippen LogP contribution < -0.4 is 20.5 Å². The number of fused-ring (bicyclic) bond motifs is 1. The number of anilines is 1. The number of amides is 1. The van der Waals surface area contributed by atoms with E-state index in [0.29, 0.717) is 35.8 Å². The van der Waals surface area contributed by atoms with Crippen molar-refractivity contribution in [3.8, 4) is 28.6 Å². The van der Waals surface area contributed by atoms with Gasteiger partial charge in [-0.05, 0) is 35.9 Å². The van der Waals surface area contributed by atoms with Gasteiger partial charge in [-0.2, -0.15) is 0 Å². The van der Waals surface area contributed by atoms with E-state index >= 15 is 0 Å². The number of imidazole rings is 1. The summed E-state index contributed by atoms with van der Waals surface area (Å²) in [6.45, 7) is 0.763. The Morgan fingerprint density at radius 2 is 1.95 bits per heavy atom. The second-order valence-corrected chi connectivity index (χ2v) is 9.08. The van der Waals surface area contributed by atoms with Gasteiger partial charge in [0.2, 0.25) is 11.8 Å². The van der Waals surface area contributed by atoms with Crippen LogP contribution in [0.4, 0.5) is 9.52 Å². The number of hydrogen-bond acceptors (Lipinski definition) is 9. The summed E-state index contributed by atoms with van der Waals surface area (Å²) in [5.74, 6) is -1.32. The van der Waals surface area contributed by atoms with E-state index in [2.05, 4.69) is 20.0 Å². The summed E-state index contributed by atoms with van der Waals surface area (Å²) < 4.78 is 30.1. The molecule has 0 aliphatic carbocycles. The average molecular weight is 541 g/mol. The Morgan fingerprint density at radius 3 is 2.68 bits per heavy atom. The van der Waals surface area contributed by atoms with Crippen LogP contribution in [0.5, 0.6) is 17.4 Å². The number of hydrogen-bond donors (Lipinski definition) is 3. The van der Waals surface area contributed by atoms with Crippen LogP contribution in [0.2, 0.25) is 0 Å². The lowest BCUT2D eigenvalue weighted by Gasteiger charge is -2.19. The molecule has 1 aliphatic rings. The van der Waals surface area contributed by atoms with E-state index in [1.54, 1.807) is 18.2 Å². The van der Waals surface area contributed by atoms with E-state index in [9.17, 15) is 23.9 Å². The Labute approximate surface area is 218 Å². The second-order valence-electron chi connectivity index (χ2n) is 8.22. The highest BCUT2D eigenvalue weighted by Crippen LogP contribution is 2.37. The zero-order valence-electron chi connectivity index (χ0n) is 19.9. The molecule has 38 heavy (non-hydrogen) atoms. The first-order valence-corrected chi connectivity index (χ1v) is 12.2. The number of aromatic nitrogens is 3. The van der Waals surface area contributed by atoms with Crippen molar-refractivity contribution in [3.05, 3.63) is 75.4 Å². The molecule has 3 heterocycles. The smallest absolute Gasteiger partial charge is 0.357 e. The molecule has 0 bridgehead atoms. The molecule has 0 radical (unpaired) electrons. The Morgan fingerprint density at radius 1 is 1.21 bits per heavy atom. The maximum atomic E-state index is 13.5. The third-order valence-electron chi connectivity index (χ3n) is 5.82. The Kier molecular flexibility index (Phi) is 6.83. The van der Waals surface area contributed by atoms with Gasteiger partial charge in [-0.15, -0.1) is 11.3 Å². The fourth-order valence-corrected chi connectivity index (χ4v) is 4.67. The number of thiazole rings is 1. The monoisotopic (exact) mass is 540 g/mol. The highest BCUT2D eigenvalue weighted by Gasteiger charge is 2.29. The van der Waals surface area contributed by atoms with Gasteiger partial charge in [0.15, 0.2) is 22.3 Å². The summed E-state index contributed by atoms with van der Waals surface area (Å²) >= 11 is 0.989. The summed E-state index contributed by atoms with van der Waals surface area (Å²) in [5.41, 5.74) is 0.307. The van der Waals surface area contributed by atoms with Crippen molar-refractivity contribution in [2.24, 2.45) is 0 Å². The molecule has 4 aromatic rings. The van der Waals surface area contributed by atoms with Crippen LogP contribution in [-0.2, 0) is 16.0 Å². The summed E-state index contributed by atoms with van der Waals surface area (Å²) in [4.78, 5) is 44.9. The van der Waals surface area contributed by atoms with Crippen molar-refractivity contribution in [2.45, 2.75) is 12.5 Å². The molecule has 0 saturated carbocycles. The van der Waals surface area contributed by atoms with Crippen molar-refractivity contribution >= 4 is 28.3 Å². The molecule has 1 atom stereocenters. The number of aromatic hydroxyl groups is 1. The number of methoxy groups -OCH3 is 1. The molecule has 13 heteroatoms. The SMILES string of the molecule is COC(=O)c1csc(NC(=O)[C@H](Cc2ccc(F)cc2)n2c(O)c(-c3ccc4c(c3)OCCO4)[nH]c2=O)n1. The highest BCUT2D eigenvalue weighted by atomic mass is 32.1. The van der Waals surface area contributed by atoms with Crippen molar-refractivity contribution in [1.29, 1.82) is 0 Å². The lowest BCUT2D eigenvalue weighted by Crippen LogP contribution is -2.33. The number of aromatic amines is 1. The molecule has 0 saturated heterocycles. The summed E-state index contributed by atoms with van der Waals surface area (Å²) in [6, 6.07) is 9.06. The lowest BCUT2D eigenvalue weighted by atomic mass is 10.0. The predicted molar refractivity (Wildman–Crippen MR) is 134 cm³/mol. The number of halogens is 1. The third kappa shape index (κ3) is 4.95. The van der Waals surface area contributed by atoms with Crippen LogP contribution >= 0.6 is 11.3 Å². The van der Waals surface area contributed by atoms with Crippen molar-refractivity contribution in [3.63, 3.8) is 0 Å². The zero-order valence-corrected chi connectivity index (χ0v) is 20.7. The second kappa shape index (κ2) is 10.4. The fraction of sp³-hybridized carbons (Fsp3) is 0.200. The number of nitrogens with zero attached hydrogens (tertiary/aromatic N) is 2. The molecular formula is C25H21FN4O7S. The predicted octanol–water partition coefficient (Wildman–Crippen LogP) is 3.12. The van der Waals surface area contributed by atoms with Crippen molar-refractivity contribution in [1.82, 2.24) is 14.5 Å². The van der Waals surface area contributed by atoms with Crippen LogP contribution in [-0.4, -0.2) is 51.8 Å². The van der Waals surface area contributed by atoms with E-state index in [1.807, 2.05) is 0 Å². The number of ether oxygens (including phenoxy) is 3. The normalized spacial score (nSPS) is 13.1. The quantitative estimate of drug-likeness (QED) is 0.303. The molecular weight excluding hydrogens is 519 g/mol. The maximum absolute atomic E-state index is 13.5. The minimum atomic E-state index is -1.26. The number of esters is 1. The van der Waals surface area contributed by atoms with Gasteiger partial charge in [0, 0.05) is 17.4 Å². The van der Waals surface area contributed by atoms with Gasteiger partial charge < -0.3 is 29.6 Å². The number of carbonyl (C=O) groups is 2. The van der Waals surface area contributed by atoms with E-state index < -0.39 is 35.3 Å². The lowest BCUT2D eigenvalue weighted by molar-refractivity contribution is -0.119. The van der Waals surface area contributed by atoms with Crippen molar-refractivity contribution < 1.29 is 33.3 Å². The summed E-state index contributed by atoms with van der Waals surface area (Å²) in [5, 5.41) is 15.2. The van der Waals surface area contributed by atoms with Gasteiger partial charge in [0.25, 0.3) is 0 Å². The van der Waals surface area contributed by atoms with Gasteiger partial charge in [-0.3, -0.25) is 4.79 Å². The third-order valence-corrected chi connectivity index (χ3v) is 6.58. The van der Waals surface area contributed by atoms with Crippen LogP contribution in [0.15, 0.2) is 52.6 Å². The average Bonchev–Trinajstić information content (AvgIpc) is 3.51. The van der Waals surface area contributed by atoms with E-state index in [4.69, 9.17) is 9.47 Å². The molecule has 196 valence electrons. The highest BCUT2D eigenvalue weighted by molar-refractivity contribution is 7.14. The molecule has 5 rings (SSSR count). The van der Waals surface area contributed by atoms with Gasteiger partial charge >= 0.3 is 11.7 Å². The standard InChI is InChI=1S/C25H21FN4O7S/c1-35-23(33)16-12-38-24(27-16)29-21(31)17(10-13-2-5-15(26)6-3-13)30-22(32)20(28-25(30)34)14-4-7-18-19(11-14)37-9-8-36-18/h2-7,11-12,17,32H,8-10H2,1H3,(H,28,34)(H,27,29,31)/t17-/m0/s1. The van der Waals surface area contributed by atoms with Gasteiger partial charge in [-0.25, -0.2) is 23.5 Å². The van der Waals surface area contributed by atoms with Crippen molar-refractivity contribution in [2.75, 3.05) is 25.6 Å². The molecule has 0 unspecified atom stereocenters. The first kappa shape index (κ1) is 25.0. The minimum absolute atomic E-state index is 0.00503. The Hall–Kier alpha value is -4.65.